The van der Waals surface area contributed by atoms with Crippen molar-refractivity contribution >= 4 is 21.6 Å². The van der Waals surface area contributed by atoms with Crippen molar-refractivity contribution in [2.75, 3.05) is 5.32 Å². The van der Waals surface area contributed by atoms with Crippen LogP contribution >= 0.6 is 15.9 Å². The largest absolute Gasteiger partial charge is 0.380 e. The van der Waals surface area contributed by atoms with Gasteiger partial charge in [0, 0.05) is 10.5 Å². The molecule has 0 spiro atoms. The highest BCUT2D eigenvalue weighted by molar-refractivity contribution is 9.10. The molecule has 0 saturated heterocycles. The van der Waals surface area contributed by atoms with E-state index in [9.17, 15) is 8.78 Å². The normalized spacial score (nSPS) is 17.6. The Morgan fingerprint density at radius 2 is 1.95 bits per heavy atom. The lowest BCUT2D eigenvalue weighted by molar-refractivity contribution is 0.507. The number of fused-ring (bicyclic) bond motifs is 1. The van der Waals surface area contributed by atoms with Crippen LogP contribution in [0.15, 0.2) is 40.9 Å². The lowest BCUT2D eigenvalue weighted by atomic mass is 9.88. The first kappa shape index (κ1) is 13.6. The Hall–Kier alpha value is -1.42. The van der Waals surface area contributed by atoms with E-state index >= 15 is 0 Å². The summed E-state index contributed by atoms with van der Waals surface area (Å²) in [4.78, 5) is 0. The van der Waals surface area contributed by atoms with E-state index in [0.29, 0.717) is 0 Å². The van der Waals surface area contributed by atoms with Crippen LogP contribution in [-0.4, -0.2) is 6.04 Å². The fraction of sp³-hybridized carbons (Fsp3) is 0.250. The average molecular weight is 338 g/mol. The minimum atomic E-state index is -0.810. The third kappa shape index (κ3) is 2.70. The zero-order valence-electron chi connectivity index (χ0n) is 10.8. The molecule has 2 aromatic rings. The van der Waals surface area contributed by atoms with Gasteiger partial charge >= 0.3 is 0 Å². The lowest BCUT2D eigenvalue weighted by Gasteiger charge is -2.26. The van der Waals surface area contributed by atoms with E-state index in [1.807, 2.05) is 6.07 Å². The topological polar surface area (TPSA) is 12.0 Å². The fourth-order valence-corrected chi connectivity index (χ4v) is 3.09. The molecule has 0 fully saturated rings. The van der Waals surface area contributed by atoms with Crippen molar-refractivity contribution < 1.29 is 8.78 Å². The Kier molecular flexibility index (Phi) is 3.74. The van der Waals surface area contributed by atoms with Crippen LogP contribution in [0.1, 0.15) is 17.5 Å². The van der Waals surface area contributed by atoms with Crippen molar-refractivity contribution in [1.29, 1.82) is 0 Å². The summed E-state index contributed by atoms with van der Waals surface area (Å²) in [6, 6.07) is 10.6. The first-order chi connectivity index (χ1) is 9.63. The predicted octanol–water partition coefficient (Wildman–Crippen LogP) is 4.70. The molecule has 0 saturated carbocycles. The zero-order chi connectivity index (χ0) is 14.1. The Balaban J connectivity index is 1.77. The Morgan fingerprint density at radius 3 is 2.80 bits per heavy atom. The third-order valence-corrected chi connectivity index (χ3v) is 4.20. The molecule has 4 heteroatoms. The zero-order valence-corrected chi connectivity index (χ0v) is 12.4. The van der Waals surface area contributed by atoms with E-state index in [-0.39, 0.29) is 11.7 Å². The molecule has 1 N–H and O–H groups in total. The second-order valence-corrected chi connectivity index (χ2v) is 6.01. The van der Waals surface area contributed by atoms with Crippen molar-refractivity contribution in [3.05, 3.63) is 63.6 Å². The van der Waals surface area contributed by atoms with Crippen molar-refractivity contribution in [1.82, 2.24) is 0 Å². The van der Waals surface area contributed by atoms with Crippen molar-refractivity contribution in [3.8, 4) is 0 Å². The van der Waals surface area contributed by atoms with E-state index in [1.165, 1.54) is 17.2 Å². The second kappa shape index (κ2) is 5.52. The molecule has 1 nitrogen and oxygen atoms in total. The molecule has 0 heterocycles. The molecule has 104 valence electrons. The first-order valence-electron chi connectivity index (χ1n) is 6.61. The molecule has 0 amide bonds. The summed E-state index contributed by atoms with van der Waals surface area (Å²) in [6.45, 7) is 0. The van der Waals surface area contributed by atoms with Crippen LogP contribution in [0, 0.1) is 11.6 Å². The van der Waals surface area contributed by atoms with Gasteiger partial charge in [-0.3, -0.25) is 0 Å². The molecule has 1 aliphatic rings. The van der Waals surface area contributed by atoms with Crippen LogP contribution in [0.5, 0.6) is 0 Å². The van der Waals surface area contributed by atoms with Gasteiger partial charge in [0.1, 0.15) is 0 Å². The maximum Gasteiger partial charge on any atom is 0.181 e. The van der Waals surface area contributed by atoms with E-state index in [1.54, 1.807) is 6.07 Å². The van der Waals surface area contributed by atoms with Gasteiger partial charge in [-0.25, -0.2) is 8.78 Å². The van der Waals surface area contributed by atoms with E-state index < -0.39 is 11.6 Å². The molecule has 0 bridgehead atoms. The monoisotopic (exact) mass is 337 g/mol. The third-order valence-electron chi connectivity index (χ3n) is 3.71. The molecule has 2 aromatic carbocycles. The standard InChI is InChI=1S/C16H14BrF2N/c17-12-6-4-11-9-13(7-5-10(11)8-12)20-15-3-1-2-14(18)16(15)19/h1-4,6,8,13,20H,5,7,9H2. The van der Waals surface area contributed by atoms with Crippen LogP contribution in [0.25, 0.3) is 0 Å². The Morgan fingerprint density at radius 1 is 1.10 bits per heavy atom. The van der Waals surface area contributed by atoms with Crippen LogP contribution in [0.4, 0.5) is 14.5 Å². The first-order valence-corrected chi connectivity index (χ1v) is 7.40. The number of anilines is 1. The SMILES string of the molecule is Fc1cccc(NC2CCc3cc(Br)ccc3C2)c1F. The Labute approximate surface area is 125 Å². The predicted molar refractivity (Wildman–Crippen MR) is 79.9 cm³/mol. The highest BCUT2D eigenvalue weighted by Gasteiger charge is 2.20. The van der Waals surface area contributed by atoms with Crippen LogP contribution in [0.3, 0.4) is 0 Å². The van der Waals surface area contributed by atoms with Gasteiger partial charge < -0.3 is 5.32 Å². The van der Waals surface area contributed by atoms with Crippen molar-refractivity contribution in [2.45, 2.75) is 25.3 Å². The van der Waals surface area contributed by atoms with E-state index in [4.69, 9.17) is 0 Å². The van der Waals surface area contributed by atoms with Crippen molar-refractivity contribution in [2.24, 2.45) is 0 Å². The van der Waals surface area contributed by atoms with E-state index in [2.05, 4.69) is 33.4 Å². The molecule has 0 radical (unpaired) electrons. The van der Waals surface area contributed by atoms with Gasteiger partial charge in [-0.2, -0.15) is 0 Å². The number of halogens is 3. The average Bonchev–Trinajstić information content (AvgIpc) is 2.44. The van der Waals surface area contributed by atoms with Gasteiger partial charge in [-0.15, -0.1) is 0 Å². The summed E-state index contributed by atoms with van der Waals surface area (Å²) < 4.78 is 27.9. The minimum Gasteiger partial charge on any atom is -0.380 e. The van der Waals surface area contributed by atoms with Gasteiger partial charge in [0.05, 0.1) is 5.69 Å². The molecule has 20 heavy (non-hydrogen) atoms. The molecular formula is C16H14BrF2N. The van der Waals surface area contributed by atoms with Crippen LogP contribution in [-0.2, 0) is 12.8 Å². The smallest absolute Gasteiger partial charge is 0.181 e. The van der Waals surface area contributed by atoms with E-state index in [0.717, 1.165) is 29.8 Å². The molecule has 1 aliphatic carbocycles. The summed E-state index contributed by atoms with van der Waals surface area (Å²) in [7, 11) is 0. The minimum absolute atomic E-state index is 0.139. The maximum absolute atomic E-state index is 13.7. The quantitative estimate of drug-likeness (QED) is 0.837. The number of benzene rings is 2. The van der Waals surface area contributed by atoms with Gasteiger partial charge in [0.2, 0.25) is 0 Å². The Bertz CT molecular complexity index is 642. The number of hydrogen-bond donors (Lipinski definition) is 1. The molecule has 0 aromatic heterocycles. The molecule has 3 rings (SSSR count). The van der Waals surface area contributed by atoms with Gasteiger partial charge in [-0.1, -0.05) is 28.1 Å². The number of hydrogen-bond acceptors (Lipinski definition) is 1. The summed E-state index contributed by atoms with van der Waals surface area (Å²) in [5.74, 6) is -1.61. The number of nitrogens with one attached hydrogen (secondary N) is 1. The van der Waals surface area contributed by atoms with Gasteiger partial charge in [0.25, 0.3) is 0 Å². The molecule has 0 aliphatic heterocycles. The molecule has 1 atom stereocenters. The summed E-state index contributed by atoms with van der Waals surface area (Å²) in [6.07, 6.45) is 2.70. The van der Waals surface area contributed by atoms with Crippen LogP contribution < -0.4 is 5.32 Å². The highest BCUT2D eigenvalue weighted by Crippen LogP contribution is 2.27. The molecule has 1 unspecified atom stereocenters. The number of aryl methyl sites for hydroxylation is 1. The number of rotatable bonds is 2. The summed E-state index contributed by atoms with van der Waals surface area (Å²) in [5.41, 5.74) is 2.85. The van der Waals surface area contributed by atoms with Gasteiger partial charge in [-0.05, 0) is 54.7 Å². The summed E-state index contributed by atoms with van der Waals surface area (Å²) >= 11 is 3.47. The fourth-order valence-electron chi connectivity index (χ4n) is 2.68. The van der Waals surface area contributed by atoms with Crippen molar-refractivity contribution in [3.63, 3.8) is 0 Å². The van der Waals surface area contributed by atoms with Gasteiger partial charge in [0.15, 0.2) is 11.6 Å². The highest BCUT2D eigenvalue weighted by atomic mass is 79.9. The van der Waals surface area contributed by atoms with Crippen LogP contribution in [0.2, 0.25) is 0 Å². The summed E-state index contributed by atoms with van der Waals surface area (Å²) in [5, 5.41) is 3.12. The lowest BCUT2D eigenvalue weighted by Crippen LogP contribution is -2.27. The second-order valence-electron chi connectivity index (χ2n) is 5.10. The molecular weight excluding hydrogens is 324 g/mol. The maximum atomic E-state index is 13.7.